The molecule has 0 aliphatic rings. The van der Waals surface area contributed by atoms with Gasteiger partial charge in [-0.05, 0) is 24.6 Å². The van der Waals surface area contributed by atoms with Crippen LogP contribution in [0.5, 0.6) is 0 Å². The summed E-state index contributed by atoms with van der Waals surface area (Å²) in [5.41, 5.74) is 0.238. The fraction of sp³-hybridized carbons (Fsp3) is 0.500. The Kier molecular flexibility index (Phi) is 6.37. The van der Waals surface area contributed by atoms with Crippen LogP contribution in [0.25, 0.3) is 0 Å². The Morgan fingerprint density at radius 2 is 1.76 bits per heavy atom. The summed E-state index contributed by atoms with van der Waals surface area (Å²) in [7, 11) is -7.04. The molecule has 0 unspecified atom stereocenters. The summed E-state index contributed by atoms with van der Waals surface area (Å²) in [5.74, 6) is -0.805. The first-order valence-electron chi connectivity index (χ1n) is 6.74. The van der Waals surface area contributed by atoms with Crippen LogP contribution < -0.4 is 0 Å². The minimum atomic E-state index is -3.69. The first kappa shape index (κ1) is 17.7. The van der Waals surface area contributed by atoms with Gasteiger partial charge in [0.15, 0.2) is 19.7 Å². The van der Waals surface area contributed by atoms with Crippen molar-refractivity contribution in [3.05, 3.63) is 29.8 Å². The molecule has 0 saturated heterocycles. The molecule has 7 heteroatoms. The second-order valence-electron chi connectivity index (χ2n) is 4.82. The number of nitriles is 1. The Balaban J connectivity index is 2.75. The van der Waals surface area contributed by atoms with E-state index >= 15 is 0 Å². The van der Waals surface area contributed by atoms with E-state index in [9.17, 15) is 16.8 Å². The van der Waals surface area contributed by atoms with Gasteiger partial charge >= 0.3 is 0 Å². The van der Waals surface area contributed by atoms with Gasteiger partial charge in [0.05, 0.1) is 33.8 Å². The molecule has 1 rings (SSSR count). The summed E-state index contributed by atoms with van der Waals surface area (Å²) in [5, 5.41) is 8.77. The smallest absolute Gasteiger partial charge is 0.179 e. The molecule has 0 N–H and O–H groups in total. The van der Waals surface area contributed by atoms with Gasteiger partial charge < -0.3 is 0 Å². The van der Waals surface area contributed by atoms with Crippen molar-refractivity contribution in [1.29, 1.82) is 5.26 Å². The lowest BCUT2D eigenvalue weighted by atomic mass is 10.2. The maximum Gasteiger partial charge on any atom is 0.179 e. The largest absolute Gasteiger partial charge is 0.229 e. The van der Waals surface area contributed by atoms with Crippen molar-refractivity contribution in [2.45, 2.75) is 31.1 Å². The zero-order valence-corrected chi connectivity index (χ0v) is 13.6. The van der Waals surface area contributed by atoms with Gasteiger partial charge in [0.1, 0.15) is 0 Å². The van der Waals surface area contributed by atoms with Crippen LogP contribution in [0.1, 0.15) is 31.7 Å². The quantitative estimate of drug-likeness (QED) is 0.680. The monoisotopic (exact) mass is 329 g/mol. The van der Waals surface area contributed by atoms with Crippen LogP contribution in [0.3, 0.4) is 0 Å². The van der Waals surface area contributed by atoms with Crippen LogP contribution in [0.2, 0.25) is 0 Å². The number of benzene rings is 1. The highest BCUT2D eigenvalue weighted by molar-refractivity contribution is 7.95. The SMILES string of the molecule is CCCCCS(=O)(=O)CCS(=O)(=O)c1cccc(C#N)c1. The van der Waals surface area contributed by atoms with Gasteiger partial charge in [0.25, 0.3) is 0 Å². The van der Waals surface area contributed by atoms with E-state index in [1.807, 2.05) is 13.0 Å². The van der Waals surface area contributed by atoms with Gasteiger partial charge in [-0.3, -0.25) is 0 Å². The normalized spacial score (nSPS) is 12.0. The number of sulfone groups is 2. The molecule has 0 amide bonds. The molecule has 0 bridgehead atoms. The minimum Gasteiger partial charge on any atom is -0.229 e. The molecule has 0 aromatic heterocycles. The molecule has 0 heterocycles. The van der Waals surface area contributed by atoms with Gasteiger partial charge in [0.2, 0.25) is 0 Å². The zero-order valence-electron chi connectivity index (χ0n) is 11.9. The fourth-order valence-electron chi connectivity index (χ4n) is 1.79. The Morgan fingerprint density at radius 3 is 2.38 bits per heavy atom. The van der Waals surface area contributed by atoms with Crippen LogP contribution in [0.15, 0.2) is 29.2 Å². The lowest BCUT2D eigenvalue weighted by molar-refractivity contribution is 0.584. The molecule has 0 atom stereocenters. The van der Waals surface area contributed by atoms with Crippen molar-refractivity contribution in [2.75, 3.05) is 17.3 Å². The van der Waals surface area contributed by atoms with Gasteiger partial charge in [-0.25, -0.2) is 16.8 Å². The molecule has 1 aromatic carbocycles. The van der Waals surface area contributed by atoms with E-state index in [1.165, 1.54) is 24.3 Å². The molecule has 1 aromatic rings. The van der Waals surface area contributed by atoms with Crippen molar-refractivity contribution in [3.63, 3.8) is 0 Å². The molecular formula is C14H19NO4S2. The minimum absolute atomic E-state index is 0.00897. The third-order valence-electron chi connectivity index (χ3n) is 3.04. The average Bonchev–Trinajstić information content (AvgIpc) is 2.46. The predicted octanol–water partition coefficient (Wildman–Crippen LogP) is 1.94. The summed E-state index contributed by atoms with van der Waals surface area (Å²) in [6.07, 6.45) is 2.29. The van der Waals surface area contributed by atoms with Crippen LogP contribution in [0, 0.1) is 11.3 Å². The standard InChI is InChI=1S/C14H19NO4S2/c1-2-3-4-8-20(16,17)9-10-21(18,19)14-7-5-6-13(11-14)12-15/h5-7,11H,2-4,8-10H2,1H3. The molecule has 0 saturated carbocycles. The second-order valence-corrected chi connectivity index (χ2v) is 9.23. The molecule has 0 fully saturated rings. The lowest BCUT2D eigenvalue weighted by Crippen LogP contribution is -2.19. The molecule has 0 radical (unpaired) electrons. The van der Waals surface area contributed by atoms with E-state index in [2.05, 4.69) is 0 Å². The summed E-state index contributed by atoms with van der Waals surface area (Å²) in [6.45, 7) is 1.97. The molecule has 5 nitrogen and oxygen atoms in total. The van der Waals surface area contributed by atoms with Crippen molar-refractivity contribution in [2.24, 2.45) is 0 Å². The number of nitrogens with zero attached hydrogens (tertiary/aromatic N) is 1. The van der Waals surface area contributed by atoms with Crippen LogP contribution >= 0.6 is 0 Å². The molecule has 0 spiro atoms. The van der Waals surface area contributed by atoms with Crippen LogP contribution in [-0.4, -0.2) is 34.1 Å². The first-order valence-corrected chi connectivity index (χ1v) is 10.2. The van der Waals surface area contributed by atoms with Crippen molar-refractivity contribution < 1.29 is 16.8 Å². The fourth-order valence-corrected chi connectivity index (χ4v) is 5.36. The van der Waals surface area contributed by atoms with Crippen molar-refractivity contribution in [1.82, 2.24) is 0 Å². The van der Waals surface area contributed by atoms with Crippen LogP contribution in [0.4, 0.5) is 0 Å². The topological polar surface area (TPSA) is 92.1 Å². The van der Waals surface area contributed by atoms with Gasteiger partial charge in [0, 0.05) is 0 Å². The highest BCUT2D eigenvalue weighted by Gasteiger charge is 2.20. The molecular weight excluding hydrogens is 310 g/mol. The predicted molar refractivity (Wildman–Crippen MR) is 81.4 cm³/mol. The molecule has 116 valence electrons. The maximum atomic E-state index is 12.1. The number of hydrogen-bond donors (Lipinski definition) is 0. The van der Waals surface area contributed by atoms with Crippen molar-refractivity contribution in [3.8, 4) is 6.07 Å². The van der Waals surface area contributed by atoms with E-state index in [4.69, 9.17) is 5.26 Å². The highest BCUT2D eigenvalue weighted by atomic mass is 32.2. The van der Waals surface area contributed by atoms with Gasteiger partial charge in [-0.1, -0.05) is 25.8 Å². The molecule has 0 aliphatic carbocycles. The van der Waals surface area contributed by atoms with Gasteiger partial charge in [-0.2, -0.15) is 5.26 Å². The highest BCUT2D eigenvalue weighted by Crippen LogP contribution is 2.14. The molecule has 21 heavy (non-hydrogen) atoms. The van der Waals surface area contributed by atoms with E-state index in [0.717, 1.165) is 12.8 Å². The van der Waals surface area contributed by atoms with Gasteiger partial charge in [-0.15, -0.1) is 0 Å². The summed E-state index contributed by atoms with van der Waals surface area (Å²) < 4.78 is 47.8. The Labute approximate surface area is 126 Å². The second kappa shape index (κ2) is 7.57. The van der Waals surface area contributed by atoms with Crippen LogP contribution in [-0.2, 0) is 19.7 Å². The summed E-state index contributed by atoms with van der Waals surface area (Å²) in [4.78, 5) is -0.00897. The number of hydrogen-bond acceptors (Lipinski definition) is 5. The van der Waals surface area contributed by atoms with E-state index < -0.39 is 25.4 Å². The van der Waals surface area contributed by atoms with Crippen molar-refractivity contribution >= 4 is 19.7 Å². The summed E-state index contributed by atoms with van der Waals surface area (Å²) >= 11 is 0. The molecule has 0 aliphatic heterocycles. The zero-order chi connectivity index (χ0) is 15.9. The third kappa shape index (κ3) is 5.86. The first-order chi connectivity index (χ1) is 9.80. The van der Waals surface area contributed by atoms with E-state index in [1.54, 1.807) is 0 Å². The maximum absolute atomic E-state index is 12.1. The average molecular weight is 329 g/mol. The van der Waals surface area contributed by atoms with E-state index in [0.29, 0.717) is 6.42 Å². The summed E-state index contributed by atoms with van der Waals surface area (Å²) in [6, 6.07) is 7.48. The number of rotatable bonds is 8. The third-order valence-corrected chi connectivity index (χ3v) is 6.75. The lowest BCUT2D eigenvalue weighted by Gasteiger charge is -2.06. The van der Waals surface area contributed by atoms with E-state index in [-0.39, 0.29) is 22.0 Å². The Morgan fingerprint density at radius 1 is 1.05 bits per heavy atom. The Bertz CT molecular complexity index is 716. The number of unbranched alkanes of at least 4 members (excludes halogenated alkanes) is 2. The Hall–Kier alpha value is -1.39.